The van der Waals surface area contributed by atoms with E-state index >= 15 is 0 Å². The van der Waals surface area contributed by atoms with Gasteiger partial charge in [-0.2, -0.15) is 0 Å². The van der Waals surface area contributed by atoms with Gasteiger partial charge in [-0.15, -0.1) is 12.4 Å². The lowest BCUT2D eigenvalue weighted by atomic mass is 10.0. The number of ether oxygens (including phenoxy) is 1. The number of rotatable bonds is 3. The fourth-order valence-electron chi connectivity index (χ4n) is 3.01. The lowest BCUT2D eigenvalue weighted by molar-refractivity contribution is -0.138. The Hall–Kier alpha value is -1.62. The molecule has 0 aromatic heterocycles. The van der Waals surface area contributed by atoms with E-state index in [0.29, 0.717) is 13.2 Å². The van der Waals surface area contributed by atoms with E-state index in [4.69, 9.17) is 4.74 Å². The van der Waals surface area contributed by atoms with Crippen LogP contribution >= 0.6 is 12.4 Å². The first kappa shape index (κ1) is 17.7. The average molecular weight is 335 g/mol. The van der Waals surface area contributed by atoms with Crippen molar-refractivity contribution in [2.24, 2.45) is 0 Å². The summed E-state index contributed by atoms with van der Waals surface area (Å²) in [5.41, 5.74) is 1.17. The Morgan fingerprint density at radius 2 is 2.00 bits per heavy atom. The lowest BCUT2D eigenvalue weighted by Crippen LogP contribution is -2.55. The number of nitrogens with one attached hydrogen (secondary N) is 1. The van der Waals surface area contributed by atoms with E-state index in [9.17, 15) is 4.79 Å². The number of carbonyl (C=O) groups excluding carboxylic acids is 1. The molecule has 1 saturated heterocycles. The van der Waals surface area contributed by atoms with Crippen molar-refractivity contribution in [3.05, 3.63) is 48.0 Å². The summed E-state index contributed by atoms with van der Waals surface area (Å²) in [6, 6.07) is 14.2. The van der Waals surface area contributed by atoms with Crippen LogP contribution in [0.5, 0.6) is 0 Å². The second kappa shape index (κ2) is 7.77. The first-order valence-corrected chi connectivity index (χ1v) is 7.73. The summed E-state index contributed by atoms with van der Waals surface area (Å²) in [7, 11) is 1.85. The van der Waals surface area contributed by atoms with Crippen molar-refractivity contribution in [2.45, 2.75) is 25.6 Å². The summed E-state index contributed by atoms with van der Waals surface area (Å²) in [6.07, 6.45) is -0.0868. The van der Waals surface area contributed by atoms with Crippen molar-refractivity contribution >= 4 is 29.1 Å². The number of morpholine rings is 1. The summed E-state index contributed by atoms with van der Waals surface area (Å²) in [4.78, 5) is 14.4. The number of benzene rings is 2. The van der Waals surface area contributed by atoms with Crippen molar-refractivity contribution in [1.82, 2.24) is 10.2 Å². The quantitative estimate of drug-likeness (QED) is 0.938. The molecule has 0 aliphatic carbocycles. The number of hydrogen-bond donors (Lipinski definition) is 1. The summed E-state index contributed by atoms with van der Waals surface area (Å²) in [6.45, 7) is 3.94. The molecule has 23 heavy (non-hydrogen) atoms. The number of amides is 1. The largest absolute Gasteiger partial charge is 0.375 e. The third-order valence-corrected chi connectivity index (χ3v) is 4.25. The molecule has 2 aromatic carbocycles. The van der Waals surface area contributed by atoms with Crippen molar-refractivity contribution in [1.29, 1.82) is 0 Å². The highest BCUT2D eigenvalue weighted by Gasteiger charge is 2.30. The Morgan fingerprint density at radius 1 is 1.26 bits per heavy atom. The van der Waals surface area contributed by atoms with Crippen molar-refractivity contribution in [3.63, 3.8) is 0 Å². The summed E-state index contributed by atoms with van der Waals surface area (Å²) < 4.78 is 5.57. The molecule has 0 radical (unpaired) electrons. The number of nitrogens with zero attached hydrogens (tertiary/aromatic N) is 1. The van der Waals surface area contributed by atoms with E-state index in [1.54, 1.807) is 4.90 Å². The van der Waals surface area contributed by atoms with Crippen LogP contribution in [0.4, 0.5) is 0 Å². The highest BCUT2D eigenvalue weighted by Crippen LogP contribution is 2.20. The molecular formula is C18H23ClN2O2. The van der Waals surface area contributed by atoms with E-state index in [1.165, 1.54) is 16.3 Å². The molecule has 0 unspecified atom stereocenters. The van der Waals surface area contributed by atoms with Crippen LogP contribution in [-0.4, -0.2) is 43.2 Å². The molecule has 1 fully saturated rings. The predicted octanol–water partition coefficient (Wildman–Crippen LogP) is 2.60. The van der Waals surface area contributed by atoms with Gasteiger partial charge in [0.15, 0.2) is 0 Å². The minimum absolute atomic E-state index is 0. The van der Waals surface area contributed by atoms with Crippen molar-refractivity contribution in [2.75, 3.05) is 20.2 Å². The van der Waals surface area contributed by atoms with Crippen LogP contribution in [-0.2, 0) is 16.1 Å². The van der Waals surface area contributed by atoms with E-state index in [0.717, 1.165) is 6.54 Å². The molecular weight excluding hydrogens is 312 g/mol. The fraction of sp³-hybridized carbons (Fsp3) is 0.389. The Bertz CT molecular complexity index is 672. The molecule has 124 valence electrons. The summed E-state index contributed by atoms with van der Waals surface area (Å²) >= 11 is 0. The fourth-order valence-corrected chi connectivity index (χ4v) is 3.01. The SMILES string of the molecule is C[C@H]1OCCN[C@@H]1C(=O)N(C)Cc1cccc2ccccc12.Cl. The first-order valence-electron chi connectivity index (χ1n) is 7.73. The molecule has 0 bridgehead atoms. The number of likely N-dealkylation sites (N-methyl/N-ethyl adjacent to an activating group) is 1. The summed E-state index contributed by atoms with van der Waals surface area (Å²) in [5, 5.41) is 5.66. The van der Waals surface area contributed by atoms with Gasteiger partial charge in [-0.3, -0.25) is 4.79 Å². The van der Waals surface area contributed by atoms with Crippen LogP contribution in [0, 0.1) is 0 Å². The van der Waals surface area contributed by atoms with Gasteiger partial charge < -0.3 is 15.0 Å². The minimum Gasteiger partial charge on any atom is -0.375 e. The summed E-state index contributed by atoms with van der Waals surface area (Å²) in [5.74, 6) is 0.0835. The van der Waals surface area contributed by atoms with Crippen molar-refractivity contribution < 1.29 is 9.53 Å². The Kier molecular flexibility index (Phi) is 5.99. The lowest BCUT2D eigenvalue weighted by Gasteiger charge is -2.32. The Labute approximate surface area is 143 Å². The molecule has 4 nitrogen and oxygen atoms in total. The molecule has 5 heteroatoms. The third-order valence-electron chi connectivity index (χ3n) is 4.25. The molecule has 1 amide bonds. The van der Waals surface area contributed by atoms with Gasteiger partial charge in [-0.05, 0) is 23.3 Å². The van der Waals surface area contributed by atoms with Gasteiger partial charge in [0.1, 0.15) is 6.04 Å². The second-order valence-corrected chi connectivity index (χ2v) is 5.84. The second-order valence-electron chi connectivity index (χ2n) is 5.84. The zero-order valence-corrected chi connectivity index (χ0v) is 14.3. The third kappa shape index (κ3) is 3.83. The molecule has 1 N–H and O–H groups in total. The number of halogens is 1. The van der Waals surface area contributed by atoms with E-state index in [1.807, 2.05) is 32.2 Å². The normalized spacial score (nSPS) is 20.8. The van der Waals surface area contributed by atoms with Gasteiger partial charge in [0.25, 0.3) is 0 Å². The maximum Gasteiger partial charge on any atom is 0.242 e. The Morgan fingerprint density at radius 3 is 2.78 bits per heavy atom. The van der Waals surface area contributed by atoms with Gasteiger partial charge in [-0.1, -0.05) is 42.5 Å². The van der Waals surface area contributed by atoms with Gasteiger partial charge in [-0.25, -0.2) is 0 Å². The van der Waals surface area contributed by atoms with E-state index in [-0.39, 0.29) is 30.5 Å². The maximum atomic E-state index is 12.6. The Balaban J connectivity index is 0.00000192. The molecule has 3 rings (SSSR count). The highest BCUT2D eigenvalue weighted by atomic mass is 35.5. The predicted molar refractivity (Wildman–Crippen MR) is 94.9 cm³/mol. The molecule has 2 aromatic rings. The highest BCUT2D eigenvalue weighted by molar-refractivity contribution is 5.87. The molecule has 0 saturated carbocycles. The van der Waals surface area contributed by atoms with Gasteiger partial charge >= 0.3 is 0 Å². The number of fused-ring (bicyclic) bond motifs is 1. The van der Waals surface area contributed by atoms with Crippen LogP contribution in [0.15, 0.2) is 42.5 Å². The zero-order valence-electron chi connectivity index (χ0n) is 13.5. The molecule has 1 heterocycles. The van der Waals surface area contributed by atoms with Gasteiger partial charge in [0, 0.05) is 20.1 Å². The molecule has 1 aliphatic heterocycles. The smallest absolute Gasteiger partial charge is 0.242 e. The minimum atomic E-state index is -0.256. The van der Waals surface area contributed by atoms with Gasteiger partial charge in [0.2, 0.25) is 5.91 Å². The average Bonchev–Trinajstić information content (AvgIpc) is 2.55. The topological polar surface area (TPSA) is 41.6 Å². The van der Waals surface area contributed by atoms with Crippen LogP contribution in [0.2, 0.25) is 0 Å². The van der Waals surface area contributed by atoms with Crippen LogP contribution in [0.3, 0.4) is 0 Å². The monoisotopic (exact) mass is 334 g/mol. The number of carbonyl (C=O) groups is 1. The van der Waals surface area contributed by atoms with Gasteiger partial charge in [0.05, 0.1) is 12.7 Å². The van der Waals surface area contributed by atoms with Crippen LogP contribution in [0.1, 0.15) is 12.5 Å². The molecule has 2 atom stereocenters. The van der Waals surface area contributed by atoms with E-state index < -0.39 is 0 Å². The molecule has 1 aliphatic rings. The maximum absolute atomic E-state index is 12.6. The standard InChI is InChI=1S/C18H22N2O2.ClH/c1-13-17(19-10-11-22-13)18(21)20(2)12-15-8-5-7-14-6-3-4-9-16(14)15;/h3-9,13,17,19H,10-12H2,1-2H3;1H/t13-,17+;/m1./s1. The number of hydrogen-bond acceptors (Lipinski definition) is 3. The first-order chi connectivity index (χ1) is 10.7. The van der Waals surface area contributed by atoms with Crippen LogP contribution in [0.25, 0.3) is 10.8 Å². The zero-order chi connectivity index (χ0) is 15.5. The molecule has 0 spiro atoms. The van der Waals surface area contributed by atoms with Crippen LogP contribution < -0.4 is 5.32 Å². The van der Waals surface area contributed by atoms with Crippen molar-refractivity contribution in [3.8, 4) is 0 Å². The van der Waals surface area contributed by atoms with E-state index in [2.05, 4.69) is 29.6 Å².